The molecule has 0 radical (unpaired) electrons. The quantitative estimate of drug-likeness (QED) is 0.821. The molecule has 0 aliphatic heterocycles. The van der Waals surface area contributed by atoms with Crippen molar-refractivity contribution in [1.82, 2.24) is 9.29 Å². The molecule has 0 amide bonds. The second-order valence-electron chi connectivity index (χ2n) is 5.57. The summed E-state index contributed by atoms with van der Waals surface area (Å²) in [7, 11) is -3.44. The van der Waals surface area contributed by atoms with E-state index in [9.17, 15) is 8.42 Å². The molecular formula is C18H22N4O2S. The number of pyridine rings is 1. The van der Waals surface area contributed by atoms with Crippen LogP contribution in [0.25, 0.3) is 0 Å². The van der Waals surface area contributed by atoms with Gasteiger partial charge in [-0.05, 0) is 36.8 Å². The molecule has 25 heavy (non-hydrogen) atoms. The van der Waals surface area contributed by atoms with Gasteiger partial charge in [0.15, 0.2) is 0 Å². The van der Waals surface area contributed by atoms with Crippen LogP contribution in [0.15, 0.2) is 47.5 Å². The van der Waals surface area contributed by atoms with E-state index in [1.165, 1.54) is 4.31 Å². The number of nitrogens with one attached hydrogen (secondary N) is 1. The summed E-state index contributed by atoms with van der Waals surface area (Å²) in [5.41, 5.74) is 2.12. The fraction of sp³-hybridized carbons (Fsp3) is 0.333. The summed E-state index contributed by atoms with van der Waals surface area (Å²) in [4.78, 5) is 4.32. The molecule has 0 aliphatic rings. The lowest BCUT2D eigenvalue weighted by atomic mass is 10.1. The van der Waals surface area contributed by atoms with Crippen molar-refractivity contribution in [2.45, 2.75) is 31.7 Å². The molecule has 1 unspecified atom stereocenters. The predicted molar refractivity (Wildman–Crippen MR) is 97.5 cm³/mol. The van der Waals surface area contributed by atoms with Crippen LogP contribution in [0.1, 0.15) is 38.1 Å². The zero-order valence-corrected chi connectivity index (χ0v) is 15.4. The molecule has 0 bridgehead atoms. The molecular weight excluding hydrogens is 336 g/mol. The summed E-state index contributed by atoms with van der Waals surface area (Å²) in [5.74, 6) is 0. The molecule has 0 saturated heterocycles. The lowest BCUT2D eigenvalue weighted by Gasteiger charge is -2.19. The lowest BCUT2D eigenvalue weighted by Crippen LogP contribution is -2.30. The van der Waals surface area contributed by atoms with Crippen molar-refractivity contribution in [1.29, 1.82) is 5.26 Å². The van der Waals surface area contributed by atoms with E-state index in [1.54, 1.807) is 30.5 Å². The average molecular weight is 358 g/mol. The fourth-order valence-corrected chi connectivity index (χ4v) is 3.98. The molecule has 132 valence electrons. The molecule has 6 nitrogen and oxygen atoms in total. The average Bonchev–Trinajstić information content (AvgIpc) is 2.63. The molecule has 1 aromatic heterocycles. The molecule has 1 aromatic carbocycles. The van der Waals surface area contributed by atoms with Crippen molar-refractivity contribution in [2.24, 2.45) is 0 Å². The van der Waals surface area contributed by atoms with Crippen LogP contribution in [0, 0.1) is 11.3 Å². The highest BCUT2D eigenvalue weighted by atomic mass is 32.2. The first-order chi connectivity index (χ1) is 11.9. The summed E-state index contributed by atoms with van der Waals surface area (Å²) in [5, 5.41) is 12.1. The molecule has 2 aromatic rings. The van der Waals surface area contributed by atoms with Gasteiger partial charge in [0.25, 0.3) is 0 Å². The van der Waals surface area contributed by atoms with Crippen LogP contribution in [0.2, 0.25) is 0 Å². The molecule has 1 heterocycles. The van der Waals surface area contributed by atoms with E-state index in [1.807, 2.05) is 39.0 Å². The highest BCUT2D eigenvalue weighted by Gasteiger charge is 2.21. The van der Waals surface area contributed by atoms with Crippen molar-refractivity contribution in [3.05, 3.63) is 53.9 Å². The number of anilines is 1. The van der Waals surface area contributed by atoms with Crippen molar-refractivity contribution in [3.8, 4) is 6.07 Å². The number of benzene rings is 1. The Kier molecular flexibility index (Phi) is 6.12. The third-order valence-electron chi connectivity index (χ3n) is 3.98. The first kappa shape index (κ1) is 18.9. The zero-order chi connectivity index (χ0) is 18.4. The fourth-order valence-electron chi connectivity index (χ4n) is 2.52. The van der Waals surface area contributed by atoms with Gasteiger partial charge >= 0.3 is 0 Å². The van der Waals surface area contributed by atoms with Crippen LogP contribution in [-0.2, 0) is 10.0 Å². The number of sulfonamides is 1. The van der Waals surface area contributed by atoms with Gasteiger partial charge in [-0.2, -0.15) is 9.57 Å². The van der Waals surface area contributed by atoms with E-state index < -0.39 is 10.0 Å². The Labute approximate surface area is 149 Å². The largest absolute Gasteiger partial charge is 0.377 e. The van der Waals surface area contributed by atoms with Crippen LogP contribution in [0.5, 0.6) is 0 Å². The Morgan fingerprint density at radius 3 is 2.28 bits per heavy atom. The number of nitriles is 1. The topological polar surface area (TPSA) is 86.1 Å². The maximum Gasteiger partial charge on any atom is 0.243 e. The lowest BCUT2D eigenvalue weighted by molar-refractivity contribution is 0.445. The van der Waals surface area contributed by atoms with E-state index in [2.05, 4.69) is 10.3 Å². The van der Waals surface area contributed by atoms with Gasteiger partial charge in [0.1, 0.15) is 11.8 Å². The van der Waals surface area contributed by atoms with Crippen LogP contribution >= 0.6 is 0 Å². The number of hydrogen-bond acceptors (Lipinski definition) is 5. The van der Waals surface area contributed by atoms with Crippen LogP contribution in [0.3, 0.4) is 0 Å². The van der Waals surface area contributed by atoms with Gasteiger partial charge in [-0.25, -0.2) is 13.4 Å². The summed E-state index contributed by atoms with van der Waals surface area (Å²) in [6.07, 6.45) is 1.61. The van der Waals surface area contributed by atoms with Crippen LogP contribution in [0.4, 0.5) is 5.69 Å². The van der Waals surface area contributed by atoms with E-state index in [0.29, 0.717) is 23.7 Å². The minimum atomic E-state index is -3.44. The molecule has 1 atom stereocenters. The Hall–Kier alpha value is -2.43. The Morgan fingerprint density at radius 2 is 1.80 bits per heavy atom. The summed E-state index contributed by atoms with van der Waals surface area (Å²) >= 11 is 0. The van der Waals surface area contributed by atoms with E-state index in [-0.39, 0.29) is 6.04 Å². The number of rotatable bonds is 7. The molecule has 7 heteroatoms. The minimum Gasteiger partial charge on any atom is -0.377 e. The van der Waals surface area contributed by atoms with Crippen LogP contribution in [-0.4, -0.2) is 30.8 Å². The Bertz CT molecular complexity index is 836. The first-order valence-electron chi connectivity index (χ1n) is 8.15. The van der Waals surface area contributed by atoms with Gasteiger partial charge in [0.2, 0.25) is 10.0 Å². The Morgan fingerprint density at radius 1 is 1.16 bits per heavy atom. The second kappa shape index (κ2) is 8.10. The highest BCUT2D eigenvalue weighted by Crippen LogP contribution is 2.22. The summed E-state index contributed by atoms with van der Waals surface area (Å²) in [6.45, 7) is 6.53. The van der Waals surface area contributed by atoms with Crippen molar-refractivity contribution in [3.63, 3.8) is 0 Å². The highest BCUT2D eigenvalue weighted by molar-refractivity contribution is 7.89. The van der Waals surface area contributed by atoms with Gasteiger partial charge in [0.05, 0.1) is 16.8 Å². The third-order valence-corrected chi connectivity index (χ3v) is 6.05. The SMILES string of the molecule is CCN(CC)S(=O)(=O)c1ccc(C(C)Nc2ccc(C#N)nc2)cc1. The maximum atomic E-state index is 12.5. The first-order valence-corrected chi connectivity index (χ1v) is 9.59. The van der Waals surface area contributed by atoms with E-state index >= 15 is 0 Å². The third kappa shape index (κ3) is 4.35. The molecule has 0 saturated carbocycles. The number of aromatic nitrogens is 1. The summed E-state index contributed by atoms with van der Waals surface area (Å²) < 4.78 is 26.4. The number of nitrogens with zero attached hydrogens (tertiary/aromatic N) is 3. The van der Waals surface area contributed by atoms with Gasteiger partial charge in [-0.15, -0.1) is 0 Å². The van der Waals surface area contributed by atoms with Gasteiger partial charge < -0.3 is 5.32 Å². The van der Waals surface area contributed by atoms with Gasteiger partial charge in [-0.1, -0.05) is 26.0 Å². The van der Waals surface area contributed by atoms with Gasteiger partial charge in [0, 0.05) is 19.1 Å². The normalized spacial score (nSPS) is 12.6. The predicted octanol–water partition coefficient (Wildman–Crippen LogP) is 3.16. The minimum absolute atomic E-state index is 0.0278. The second-order valence-corrected chi connectivity index (χ2v) is 7.51. The molecule has 0 aliphatic carbocycles. The molecule has 0 spiro atoms. The standard InChI is InChI=1S/C18H22N4O2S/c1-4-22(5-2)25(23,24)18-10-6-15(7-11-18)14(3)21-17-9-8-16(12-19)20-13-17/h6-11,13-14,21H,4-5H2,1-3H3. The zero-order valence-electron chi connectivity index (χ0n) is 14.6. The smallest absolute Gasteiger partial charge is 0.243 e. The molecule has 1 N–H and O–H groups in total. The summed E-state index contributed by atoms with van der Waals surface area (Å²) in [6, 6.07) is 12.3. The van der Waals surface area contributed by atoms with Crippen molar-refractivity contribution in [2.75, 3.05) is 18.4 Å². The monoisotopic (exact) mass is 358 g/mol. The van der Waals surface area contributed by atoms with Crippen molar-refractivity contribution < 1.29 is 8.42 Å². The Balaban J connectivity index is 2.14. The van der Waals surface area contributed by atoms with Crippen LogP contribution < -0.4 is 5.32 Å². The van der Waals surface area contributed by atoms with Gasteiger partial charge in [-0.3, -0.25) is 0 Å². The van der Waals surface area contributed by atoms with Crippen molar-refractivity contribution >= 4 is 15.7 Å². The molecule has 2 rings (SSSR count). The number of hydrogen-bond donors (Lipinski definition) is 1. The molecule has 0 fully saturated rings. The maximum absolute atomic E-state index is 12.5. The van der Waals surface area contributed by atoms with E-state index in [4.69, 9.17) is 5.26 Å². The van der Waals surface area contributed by atoms with E-state index in [0.717, 1.165) is 11.3 Å².